The number of nitrogens with zero attached hydrogens (tertiary/aromatic N) is 3. The third kappa shape index (κ3) is 3.00. The Morgan fingerprint density at radius 1 is 1.19 bits per heavy atom. The van der Waals surface area contributed by atoms with Crippen molar-refractivity contribution in [3.63, 3.8) is 0 Å². The van der Waals surface area contributed by atoms with Crippen LogP contribution in [-0.2, 0) is 6.54 Å². The molecule has 1 fully saturated rings. The quantitative estimate of drug-likeness (QED) is 0.771. The van der Waals surface area contributed by atoms with Crippen molar-refractivity contribution in [1.29, 1.82) is 0 Å². The molecule has 0 spiro atoms. The molecule has 2 heterocycles. The molecule has 0 aliphatic carbocycles. The number of piperazine rings is 1. The Labute approximate surface area is 95.9 Å². The number of halogens is 1. The maximum absolute atomic E-state index is 12.9. The van der Waals surface area contributed by atoms with Crippen molar-refractivity contribution >= 4 is 0 Å². The monoisotopic (exact) mass is 223 g/mol. The van der Waals surface area contributed by atoms with Crippen LogP contribution in [0.4, 0.5) is 4.39 Å². The standard InChI is InChI=1S/C12H18FN3/c1-2-15-3-5-16(6-4-15)10-11-7-12(13)9-14-8-11/h7-9H,2-6,10H2,1H3. The molecule has 3 nitrogen and oxygen atoms in total. The lowest BCUT2D eigenvalue weighted by molar-refractivity contribution is 0.132. The van der Waals surface area contributed by atoms with Gasteiger partial charge in [-0.2, -0.15) is 0 Å². The maximum Gasteiger partial charge on any atom is 0.141 e. The van der Waals surface area contributed by atoms with Crippen LogP contribution in [0.25, 0.3) is 0 Å². The van der Waals surface area contributed by atoms with Gasteiger partial charge in [-0.05, 0) is 18.2 Å². The molecule has 88 valence electrons. The van der Waals surface area contributed by atoms with Gasteiger partial charge in [0.2, 0.25) is 0 Å². The summed E-state index contributed by atoms with van der Waals surface area (Å²) in [7, 11) is 0. The lowest BCUT2D eigenvalue weighted by Gasteiger charge is -2.33. The normalized spacial score (nSPS) is 18.9. The molecule has 1 saturated heterocycles. The second kappa shape index (κ2) is 5.37. The summed E-state index contributed by atoms with van der Waals surface area (Å²) < 4.78 is 12.9. The number of hydrogen-bond donors (Lipinski definition) is 0. The highest BCUT2D eigenvalue weighted by atomic mass is 19.1. The molecular weight excluding hydrogens is 205 g/mol. The Morgan fingerprint density at radius 2 is 1.88 bits per heavy atom. The van der Waals surface area contributed by atoms with E-state index in [-0.39, 0.29) is 5.82 Å². The van der Waals surface area contributed by atoms with Crippen molar-refractivity contribution in [2.75, 3.05) is 32.7 Å². The molecule has 0 unspecified atom stereocenters. The third-order valence-corrected chi connectivity index (χ3v) is 3.08. The molecule has 2 rings (SSSR count). The second-order valence-corrected chi connectivity index (χ2v) is 4.22. The predicted octanol–water partition coefficient (Wildman–Crippen LogP) is 1.36. The van der Waals surface area contributed by atoms with Crippen molar-refractivity contribution in [3.05, 3.63) is 29.8 Å². The lowest BCUT2D eigenvalue weighted by atomic mass is 10.2. The molecule has 0 amide bonds. The van der Waals surface area contributed by atoms with Crippen molar-refractivity contribution in [2.24, 2.45) is 0 Å². The Bertz CT molecular complexity index is 335. The number of rotatable bonds is 3. The van der Waals surface area contributed by atoms with Crippen LogP contribution in [-0.4, -0.2) is 47.5 Å². The minimum absolute atomic E-state index is 0.246. The fraction of sp³-hybridized carbons (Fsp3) is 0.583. The van der Waals surface area contributed by atoms with E-state index in [4.69, 9.17) is 0 Å². The highest BCUT2D eigenvalue weighted by Crippen LogP contribution is 2.08. The zero-order chi connectivity index (χ0) is 11.4. The van der Waals surface area contributed by atoms with Crippen LogP contribution >= 0.6 is 0 Å². The molecule has 0 bridgehead atoms. The van der Waals surface area contributed by atoms with E-state index in [1.807, 2.05) is 0 Å². The molecular formula is C12H18FN3. The summed E-state index contributed by atoms with van der Waals surface area (Å²) >= 11 is 0. The van der Waals surface area contributed by atoms with E-state index in [1.54, 1.807) is 12.3 Å². The first-order chi connectivity index (χ1) is 7.78. The van der Waals surface area contributed by atoms with Crippen molar-refractivity contribution in [2.45, 2.75) is 13.5 Å². The minimum atomic E-state index is -0.246. The van der Waals surface area contributed by atoms with Crippen LogP contribution < -0.4 is 0 Å². The van der Waals surface area contributed by atoms with Crippen LogP contribution in [0, 0.1) is 5.82 Å². The van der Waals surface area contributed by atoms with Gasteiger partial charge in [-0.1, -0.05) is 6.92 Å². The Kier molecular flexibility index (Phi) is 3.85. The van der Waals surface area contributed by atoms with E-state index < -0.39 is 0 Å². The summed E-state index contributed by atoms with van der Waals surface area (Å²) in [5, 5.41) is 0. The fourth-order valence-corrected chi connectivity index (χ4v) is 2.06. The molecule has 0 radical (unpaired) electrons. The minimum Gasteiger partial charge on any atom is -0.301 e. The molecule has 1 aliphatic rings. The molecule has 4 heteroatoms. The van der Waals surface area contributed by atoms with E-state index in [0.29, 0.717) is 0 Å². The molecule has 0 N–H and O–H groups in total. The highest BCUT2D eigenvalue weighted by molar-refractivity contribution is 5.10. The SMILES string of the molecule is CCN1CCN(Cc2cncc(F)c2)CC1. The summed E-state index contributed by atoms with van der Waals surface area (Å²) in [4.78, 5) is 8.65. The van der Waals surface area contributed by atoms with Gasteiger partial charge in [0.1, 0.15) is 5.82 Å². The Balaban J connectivity index is 1.87. The molecule has 1 aromatic rings. The lowest BCUT2D eigenvalue weighted by Crippen LogP contribution is -2.45. The van der Waals surface area contributed by atoms with Crippen molar-refractivity contribution in [1.82, 2.24) is 14.8 Å². The fourth-order valence-electron chi connectivity index (χ4n) is 2.06. The van der Waals surface area contributed by atoms with E-state index in [9.17, 15) is 4.39 Å². The molecule has 0 saturated carbocycles. The molecule has 0 aromatic carbocycles. The smallest absolute Gasteiger partial charge is 0.141 e. The second-order valence-electron chi connectivity index (χ2n) is 4.22. The van der Waals surface area contributed by atoms with Crippen LogP contribution in [0.2, 0.25) is 0 Å². The van der Waals surface area contributed by atoms with Gasteiger partial charge in [-0.15, -0.1) is 0 Å². The molecule has 1 aromatic heterocycles. The van der Waals surface area contributed by atoms with Crippen molar-refractivity contribution in [3.8, 4) is 0 Å². The number of hydrogen-bond acceptors (Lipinski definition) is 3. The first-order valence-corrected chi connectivity index (χ1v) is 5.82. The first-order valence-electron chi connectivity index (χ1n) is 5.82. The molecule has 16 heavy (non-hydrogen) atoms. The van der Waals surface area contributed by atoms with Crippen LogP contribution in [0.5, 0.6) is 0 Å². The zero-order valence-electron chi connectivity index (χ0n) is 9.69. The Morgan fingerprint density at radius 3 is 2.50 bits per heavy atom. The number of likely N-dealkylation sites (N-methyl/N-ethyl adjacent to an activating group) is 1. The largest absolute Gasteiger partial charge is 0.301 e. The van der Waals surface area contributed by atoms with Gasteiger partial charge in [-0.3, -0.25) is 9.88 Å². The van der Waals surface area contributed by atoms with Gasteiger partial charge in [0.25, 0.3) is 0 Å². The van der Waals surface area contributed by atoms with Crippen LogP contribution in [0.15, 0.2) is 18.5 Å². The van der Waals surface area contributed by atoms with Crippen molar-refractivity contribution < 1.29 is 4.39 Å². The first kappa shape index (κ1) is 11.5. The Hall–Kier alpha value is -1.00. The third-order valence-electron chi connectivity index (χ3n) is 3.08. The van der Waals surface area contributed by atoms with Crippen LogP contribution in [0.3, 0.4) is 0 Å². The topological polar surface area (TPSA) is 19.4 Å². The van der Waals surface area contributed by atoms with Gasteiger partial charge < -0.3 is 4.90 Å². The average molecular weight is 223 g/mol. The van der Waals surface area contributed by atoms with E-state index >= 15 is 0 Å². The van der Waals surface area contributed by atoms with Gasteiger partial charge in [0, 0.05) is 38.9 Å². The van der Waals surface area contributed by atoms with Gasteiger partial charge in [0.15, 0.2) is 0 Å². The predicted molar refractivity (Wildman–Crippen MR) is 61.6 cm³/mol. The number of pyridine rings is 1. The van der Waals surface area contributed by atoms with Gasteiger partial charge in [-0.25, -0.2) is 4.39 Å². The molecule has 0 atom stereocenters. The van der Waals surface area contributed by atoms with Gasteiger partial charge in [0.05, 0.1) is 6.20 Å². The summed E-state index contributed by atoms with van der Waals surface area (Å²) in [6, 6.07) is 1.57. The molecule has 1 aliphatic heterocycles. The van der Waals surface area contributed by atoms with E-state index in [2.05, 4.69) is 21.7 Å². The number of aromatic nitrogens is 1. The summed E-state index contributed by atoms with van der Waals surface area (Å²) in [6.07, 6.45) is 2.99. The van der Waals surface area contributed by atoms with E-state index in [1.165, 1.54) is 6.20 Å². The summed E-state index contributed by atoms with van der Waals surface area (Å²) in [5.74, 6) is -0.246. The maximum atomic E-state index is 12.9. The van der Waals surface area contributed by atoms with E-state index in [0.717, 1.165) is 44.8 Å². The summed E-state index contributed by atoms with van der Waals surface area (Å²) in [6.45, 7) is 8.46. The van der Waals surface area contributed by atoms with Gasteiger partial charge >= 0.3 is 0 Å². The average Bonchev–Trinajstić information content (AvgIpc) is 2.30. The summed E-state index contributed by atoms with van der Waals surface area (Å²) in [5.41, 5.74) is 0.963. The van der Waals surface area contributed by atoms with Crippen LogP contribution in [0.1, 0.15) is 12.5 Å². The highest BCUT2D eigenvalue weighted by Gasteiger charge is 2.15. The zero-order valence-corrected chi connectivity index (χ0v) is 9.69.